The normalized spacial score (nSPS) is 13.9. The zero-order valence-corrected chi connectivity index (χ0v) is 11.9. The molecular weight excluding hydrogens is 300 g/mol. The Bertz CT molecular complexity index is 481. The first-order chi connectivity index (χ1) is 7.83. The Balaban J connectivity index is 0.00000108. The molecule has 0 saturated carbocycles. The summed E-state index contributed by atoms with van der Waals surface area (Å²) in [5.74, 6) is 1.22. The van der Waals surface area contributed by atoms with Crippen molar-refractivity contribution in [2.24, 2.45) is 0 Å². The number of hydrogen-bond donors (Lipinski definition) is 0. The number of fused-ring (bicyclic) bond motifs is 1. The Kier molecular flexibility index (Phi) is 3.89. The van der Waals surface area contributed by atoms with Crippen molar-refractivity contribution in [2.45, 2.75) is 25.8 Å². The van der Waals surface area contributed by atoms with Crippen molar-refractivity contribution >= 4 is 28.6 Å². The van der Waals surface area contributed by atoms with E-state index in [1.165, 1.54) is 18.7 Å². The number of nitrogens with zero attached hydrogens (tertiary/aromatic N) is 2. The van der Waals surface area contributed by atoms with Gasteiger partial charge in [0.15, 0.2) is 0 Å². The van der Waals surface area contributed by atoms with Gasteiger partial charge in [-0.3, -0.25) is 0 Å². The van der Waals surface area contributed by atoms with E-state index in [2.05, 4.69) is 15.7 Å². The van der Waals surface area contributed by atoms with Gasteiger partial charge in [-0.25, -0.2) is 4.98 Å². The predicted octanol–water partition coefficient (Wildman–Crippen LogP) is 4.12. The van der Waals surface area contributed by atoms with Crippen LogP contribution in [0.1, 0.15) is 18.7 Å². The minimum Gasteiger partial charge on any atom is -0.334 e. The molecule has 1 aromatic heterocycles. The second-order valence-electron chi connectivity index (χ2n) is 4.20. The topological polar surface area (TPSA) is 17.8 Å². The van der Waals surface area contributed by atoms with E-state index in [1.807, 2.05) is 24.3 Å². The number of aryl methyl sites for hydroxylation is 2. The first-order valence-corrected chi connectivity index (χ1v) is 6.03. The molecule has 1 aliphatic heterocycles. The van der Waals surface area contributed by atoms with E-state index in [0.29, 0.717) is 0 Å². The average molecular weight is 314 g/mol. The fourth-order valence-corrected chi connectivity index (χ4v) is 2.30. The Morgan fingerprint density at radius 3 is 2.59 bits per heavy atom. The molecule has 2 aromatic rings. The lowest BCUT2D eigenvalue weighted by Crippen LogP contribution is -2.08. The molecule has 3 rings (SSSR count). The average Bonchev–Trinajstić information content (AvgIpc) is 2.73. The third-order valence-corrected chi connectivity index (χ3v) is 3.30. The summed E-state index contributed by atoms with van der Waals surface area (Å²) in [7, 11) is 0. The number of aromatic nitrogens is 2. The van der Waals surface area contributed by atoms with E-state index in [1.54, 1.807) is 0 Å². The molecule has 0 atom stereocenters. The summed E-state index contributed by atoms with van der Waals surface area (Å²) in [5, 5.41) is 0.771. The Morgan fingerprint density at radius 1 is 1.12 bits per heavy atom. The maximum absolute atomic E-state index is 5.87. The zero-order valence-electron chi connectivity index (χ0n) is 9.40. The highest BCUT2D eigenvalue weighted by atomic mass is 79.9. The van der Waals surface area contributed by atoms with Gasteiger partial charge >= 0.3 is 0 Å². The van der Waals surface area contributed by atoms with Crippen molar-refractivity contribution in [3.63, 3.8) is 0 Å². The van der Waals surface area contributed by atoms with Crippen LogP contribution in [0.3, 0.4) is 0 Å². The molecule has 1 aliphatic rings. The molecule has 17 heavy (non-hydrogen) atoms. The summed E-state index contributed by atoms with van der Waals surface area (Å²) in [6.45, 7) is 1.11. The number of hydrogen-bond acceptors (Lipinski definition) is 1. The van der Waals surface area contributed by atoms with Crippen molar-refractivity contribution in [3.8, 4) is 11.3 Å². The van der Waals surface area contributed by atoms with Crippen LogP contribution in [0.15, 0.2) is 30.5 Å². The zero-order chi connectivity index (χ0) is 11.0. The highest BCUT2D eigenvalue weighted by Crippen LogP contribution is 2.23. The van der Waals surface area contributed by atoms with E-state index in [-0.39, 0.29) is 17.0 Å². The molecule has 0 aliphatic carbocycles. The predicted molar refractivity (Wildman–Crippen MR) is 75.9 cm³/mol. The molecule has 90 valence electrons. The van der Waals surface area contributed by atoms with E-state index in [4.69, 9.17) is 11.6 Å². The molecule has 0 radical (unpaired) electrons. The smallest absolute Gasteiger partial charge is 0.109 e. The molecule has 0 unspecified atom stereocenters. The van der Waals surface area contributed by atoms with Gasteiger partial charge in [-0.15, -0.1) is 17.0 Å². The fourth-order valence-electron chi connectivity index (χ4n) is 2.17. The van der Waals surface area contributed by atoms with Crippen LogP contribution >= 0.6 is 28.6 Å². The number of benzene rings is 1. The molecule has 1 aromatic carbocycles. The number of halogens is 2. The molecule has 0 fully saturated rings. The van der Waals surface area contributed by atoms with Crippen LogP contribution in [-0.2, 0) is 13.0 Å². The first kappa shape index (κ1) is 12.7. The van der Waals surface area contributed by atoms with Gasteiger partial charge in [-0.05, 0) is 25.0 Å². The first-order valence-electron chi connectivity index (χ1n) is 5.65. The van der Waals surface area contributed by atoms with Gasteiger partial charge in [0.25, 0.3) is 0 Å². The molecule has 2 heterocycles. The molecule has 0 bridgehead atoms. The lowest BCUT2D eigenvalue weighted by atomic mass is 10.2. The molecule has 2 nitrogen and oxygen atoms in total. The second-order valence-corrected chi connectivity index (χ2v) is 4.64. The summed E-state index contributed by atoms with van der Waals surface area (Å²) in [4.78, 5) is 4.67. The Hall–Kier alpha value is -0.800. The maximum atomic E-state index is 5.87. The standard InChI is InChI=1S/C13H13ClN2.BrH/c14-11-6-4-10(5-7-11)12-9-16-8-2-1-3-13(16)15-12;/h4-7,9H,1-3,8H2;1H. The second kappa shape index (κ2) is 5.23. The van der Waals surface area contributed by atoms with Crippen molar-refractivity contribution in [1.82, 2.24) is 9.55 Å². The molecular formula is C13H14BrClN2. The summed E-state index contributed by atoms with van der Waals surface area (Å²) in [6.07, 6.45) is 5.78. The van der Waals surface area contributed by atoms with Crippen LogP contribution in [-0.4, -0.2) is 9.55 Å². The molecule has 0 spiro atoms. The Labute approximate surface area is 116 Å². The molecule has 0 N–H and O–H groups in total. The van der Waals surface area contributed by atoms with Gasteiger partial charge in [0.2, 0.25) is 0 Å². The lowest BCUT2D eigenvalue weighted by molar-refractivity contribution is 0.522. The SMILES string of the molecule is Br.Clc1ccc(-c2cn3c(n2)CCCC3)cc1. The molecule has 0 saturated heterocycles. The van der Waals surface area contributed by atoms with Gasteiger partial charge in [0.1, 0.15) is 5.82 Å². The number of rotatable bonds is 1. The van der Waals surface area contributed by atoms with E-state index >= 15 is 0 Å². The largest absolute Gasteiger partial charge is 0.334 e. The lowest BCUT2D eigenvalue weighted by Gasteiger charge is -2.11. The summed E-state index contributed by atoms with van der Waals surface area (Å²) < 4.78 is 2.27. The third-order valence-electron chi connectivity index (χ3n) is 3.05. The molecule has 4 heteroatoms. The quantitative estimate of drug-likeness (QED) is 0.774. The minimum absolute atomic E-state index is 0. The van der Waals surface area contributed by atoms with Crippen LogP contribution in [0, 0.1) is 0 Å². The highest BCUT2D eigenvalue weighted by Gasteiger charge is 2.12. The van der Waals surface area contributed by atoms with E-state index < -0.39 is 0 Å². The van der Waals surface area contributed by atoms with Crippen LogP contribution in [0.4, 0.5) is 0 Å². The summed E-state index contributed by atoms with van der Waals surface area (Å²) in [5.41, 5.74) is 2.21. The Morgan fingerprint density at radius 2 is 1.88 bits per heavy atom. The van der Waals surface area contributed by atoms with Crippen molar-refractivity contribution in [1.29, 1.82) is 0 Å². The van der Waals surface area contributed by atoms with Gasteiger partial charge in [-0.1, -0.05) is 23.7 Å². The third kappa shape index (κ3) is 2.55. The van der Waals surface area contributed by atoms with Crippen molar-refractivity contribution in [3.05, 3.63) is 41.3 Å². The van der Waals surface area contributed by atoms with Crippen LogP contribution in [0.2, 0.25) is 5.02 Å². The fraction of sp³-hybridized carbons (Fsp3) is 0.308. The van der Waals surface area contributed by atoms with Crippen molar-refractivity contribution in [2.75, 3.05) is 0 Å². The number of imidazole rings is 1. The van der Waals surface area contributed by atoms with E-state index in [0.717, 1.165) is 29.2 Å². The van der Waals surface area contributed by atoms with E-state index in [9.17, 15) is 0 Å². The minimum atomic E-state index is 0. The van der Waals surface area contributed by atoms with Crippen LogP contribution < -0.4 is 0 Å². The van der Waals surface area contributed by atoms with Gasteiger partial charge in [0.05, 0.1) is 5.69 Å². The van der Waals surface area contributed by atoms with Crippen molar-refractivity contribution < 1.29 is 0 Å². The monoisotopic (exact) mass is 312 g/mol. The highest BCUT2D eigenvalue weighted by molar-refractivity contribution is 8.93. The van der Waals surface area contributed by atoms with Gasteiger partial charge in [0, 0.05) is 29.7 Å². The summed E-state index contributed by atoms with van der Waals surface area (Å²) >= 11 is 5.87. The van der Waals surface area contributed by atoms with Crippen LogP contribution in [0.25, 0.3) is 11.3 Å². The maximum Gasteiger partial charge on any atom is 0.109 e. The van der Waals surface area contributed by atoms with Gasteiger partial charge in [-0.2, -0.15) is 0 Å². The summed E-state index contributed by atoms with van der Waals surface area (Å²) in [6, 6.07) is 7.87. The molecule has 0 amide bonds. The van der Waals surface area contributed by atoms with Crippen LogP contribution in [0.5, 0.6) is 0 Å². The van der Waals surface area contributed by atoms with Gasteiger partial charge < -0.3 is 4.57 Å².